The SMILES string of the molecule is CC(C)C(C)CNC1CCN2CCCCC12. The lowest BCUT2D eigenvalue weighted by molar-refractivity contribution is 0.178. The summed E-state index contributed by atoms with van der Waals surface area (Å²) < 4.78 is 0. The van der Waals surface area contributed by atoms with Gasteiger partial charge in [0.1, 0.15) is 0 Å². The number of nitrogens with zero attached hydrogens (tertiary/aromatic N) is 1. The van der Waals surface area contributed by atoms with Gasteiger partial charge < -0.3 is 5.32 Å². The summed E-state index contributed by atoms with van der Waals surface area (Å²) in [5.41, 5.74) is 0. The van der Waals surface area contributed by atoms with E-state index in [4.69, 9.17) is 0 Å². The minimum atomic E-state index is 0.779. The Morgan fingerprint density at radius 1 is 1.12 bits per heavy atom. The summed E-state index contributed by atoms with van der Waals surface area (Å²) in [6.45, 7) is 10.9. The quantitative estimate of drug-likeness (QED) is 0.789. The maximum absolute atomic E-state index is 3.82. The second-order valence-electron chi connectivity index (χ2n) is 6.12. The normalized spacial score (nSPS) is 33.0. The van der Waals surface area contributed by atoms with E-state index in [-0.39, 0.29) is 0 Å². The molecule has 0 aliphatic carbocycles. The third kappa shape index (κ3) is 2.78. The van der Waals surface area contributed by atoms with Crippen LogP contribution in [0.4, 0.5) is 0 Å². The van der Waals surface area contributed by atoms with Crippen LogP contribution in [0.15, 0.2) is 0 Å². The van der Waals surface area contributed by atoms with Crippen molar-refractivity contribution >= 4 is 0 Å². The zero-order chi connectivity index (χ0) is 11.5. The number of hydrogen-bond acceptors (Lipinski definition) is 2. The molecule has 2 saturated heterocycles. The first-order chi connectivity index (χ1) is 7.68. The Bertz CT molecular complexity index is 215. The molecule has 0 aromatic rings. The van der Waals surface area contributed by atoms with E-state index in [1.54, 1.807) is 0 Å². The monoisotopic (exact) mass is 224 g/mol. The second kappa shape index (κ2) is 5.50. The lowest BCUT2D eigenvalue weighted by Gasteiger charge is -2.33. The van der Waals surface area contributed by atoms with Gasteiger partial charge in [0.05, 0.1) is 0 Å². The van der Waals surface area contributed by atoms with Gasteiger partial charge in [0.2, 0.25) is 0 Å². The van der Waals surface area contributed by atoms with Gasteiger partial charge in [-0.3, -0.25) is 4.90 Å². The van der Waals surface area contributed by atoms with E-state index in [0.717, 1.165) is 23.9 Å². The molecule has 2 heterocycles. The molecular formula is C14H28N2. The number of rotatable bonds is 4. The van der Waals surface area contributed by atoms with Crippen LogP contribution < -0.4 is 5.32 Å². The maximum atomic E-state index is 3.82. The van der Waals surface area contributed by atoms with Crippen molar-refractivity contribution in [2.24, 2.45) is 11.8 Å². The van der Waals surface area contributed by atoms with Gasteiger partial charge in [0.25, 0.3) is 0 Å². The van der Waals surface area contributed by atoms with Crippen LogP contribution in [0.2, 0.25) is 0 Å². The topological polar surface area (TPSA) is 15.3 Å². The maximum Gasteiger partial charge on any atom is 0.0249 e. The van der Waals surface area contributed by atoms with Gasteiger partial charge in [0.15, 0.2) is 0 Å². The largest absolute Gasteiger partial charge is 0.312 e. The van der Waals surface area contributed by atoms with Gasteiger partial charge in [0, 0.05) is 18.6 Å². The molecule has 0 aromatic carbocycles. The molecule has 2 heteroatoms. The van der Waals surface area contributed by atoms with E-state index in [1.165, 1.54) is 45.3 Å². The third-order valence-electron chi connectivity index (χ3n) is 4.70. The highest BCUT2D eigenvalue weighted by Gasteiger charge is 2.35. The summed E-state index contributed by atoms with van der Waals surface area (Å²) in [6.07, 6.45) is 5.66. The molecule has 2 rings (SSSR count). The average Bonchev–Trinajstić information content (AvgIpc) is 2.69. The van der Waals surface area contributed by atoms with Gasteiger partial charge in [-0.1, -0.05) is 27.2 Å². The number of piperidine rings is 1. The third-order valence-corrected chi connectivity index (χ3v) is 4.70. The van der Waals surface area contributed by atoms with Gasteiger partial charge in [-0.15, -0.1) is 0 Å². The molecule has 2 nitrogen and oxygen atoms in total. The molecule has 0 bridgehead atoms. The van der Waals surface area contributed by atoms with Crippen molar-refractivity contribution < 1.29 is 0 Å². The summed E-state index contributed by atoms with van der Waals surface area (Å²) in [7, 11) is 0. The first-order valence-corrected chi connectivity index (χ1v) is 7.16. The molecule has 16 heavy (non-hydrogen) atoms. The van der Waals surface area contributed by atoms with Gasteiger partial charge in [-0.2, -0.15) is 0 Å². The Balaban J connectivity index is 1.77. The van der Waals surface area contributed by atoms with Crippen LogP contribution in [0, 0.1) is 11.8 Å². The fourth-order valence-corrected chi connectivity index (χ4v) is 3.06. The van der Waals surface area contributed by atoms with Crippen molar-refractivity contribution in [2.45, 2.75) is 58.5 Å². The molecule has 2 aliphatic heterocycles. The van der Waals surface area contributed by atoms with Crippen LogP contribution >= 0.6 is 0 Å². The predicted octanol–water partition coefficient (Wildman–Crippen LogP) is 2.49. The van der Waals surface area contributed by atoms with Crippen molar-refractivity contribution in [2.75, 3.05) is 19.6 Å². The van der Waals surface area contributed by atoms with E-state index in [0.29, 0.717) is 0 Å². The molecule has 3 atom stereocenters. The van der Waals surface area contributed by atoms with Crippen molar-refractivity contribution in [3.63, 3.8) is 0 Å². The standard InChI is InChI=1S/C14H28N2/c1-11(2)12(3)10-15-13-7-9-16-8-5-4-6-14(13)16/h11-15H,4-10H2,1-3H3. The molecule has 0 aromatic heterocycles. The highest BCUT2D eigenvalue weighted by Crippen LogP contribution is 2.27. The molecule has 2 fully saturated rings. The Morgan fingerprint density at radius 3 is 2.69 bits per heavy atom. The van der Waals surface area contributed by atoms with E-state index in [9.17, 15) is 0 Å². The number of fused-ring (bicyclic) bond motifs is 1. The fourth-order valence-electron chi connectivity index (χ4n) is 3.06. The van der Waals surface area contributed by atoms with E-state index >= 15 is 0 Å². The number of nitrogens with one attached hydrogen (secondary N) is 1. The molecule has 0 saturated carbocycles. The second-order valence-corrected chi connectivity index (χ2v) is 6.12. The molecule has 0 amide bonds. The minimum Gasteiger partial charge on any atom is -0.312 e. The van der Waals surface area contributed by atoms with Gasteiger partial charge in [-0.25, -0.2) is 0 Å². The zero-order valence-corrected chi connectivity index (χ0v) is 11.2. The Kier molecular flexibility index (Phi) is 4.26. The molecule has 3 unspecified atom stereocenters. The molecule has 1 N–H and O–H groups in total. The predicted molar refractivity (Wildman–Crippen MR) is 69.6 cm³/mol. The fraction of sp³-hybridized carbons (Fsp3) is 1.00. The molecule has 0 radical (unpaired) electrons. The van der Waals surface area contributed by atoms with Gasteiger partial charge >= 0.3 is 0 Å². The molecule has 2 aliphatic rings. The molecule has 94 valence electrons. The van der Waals surface area contributed by atoms with Crippen LogP contribution in [0.25, 0.3) is 0 Å². The summed E-state index contributed by atoms with van der Waals surface area (Å²) in [5, 5.41) is 3.82. The van der Waals surface area contributed by atoms with Crippen LogP contribution in [0.1, 0.15) is 46.5 Å². The smallest absolute Gasteiger partial charge is 0.0249 e. The average molecular weight is 224 g/mol. The molecular weight excluding hydrogens is 196 g/mol. The lowest BCUT2D eigenvalue weighted by Crippen LogP contribution is -2.46. The molecule has 0 spiro atoms. The Hall–Kier alpha value is -0.0800. The highest BCUT2D eigenvalue weighted by molar-refractivity contribution is 4.94. The first-order valence-electron chi connectivity index (χ1n) is 7.16. The van der Waals surface area contributed by atoms with Crippen molar-refractivity contribution in [1.29, 1.82) is 0 Å². The van der Waals surface area contributed by atoms with Crippen molar-refractivity contribution in [3.8, 4) is 0 Å². The summed E-state index contributed by atoms with van der Waals surface area (Å²) in [5.74, 6) is 1.61. The minimum absolute atomic E-state index is 0.779. The number of hydrogen-bond donors (Lipinski definition) is 1. The van der Waals surface area contributed by atoms with Crippen LogP contribution in [-0.4, -0.2) is 36.6 Å². The zero-order valence-electron chi connectivity index (χ0n) is 11.2. The van der Waals surface area contributed by atoms with Crippen molar-refractivity contribution in [1.82, 2.24) is 10.2 Å². The summed E-state index contributed by atoms with van der Waals surface area (Å²) in [6, 6.07) is 1.63. The highest BCUT2D eigenvalue weighted by atomic mass is 15.2. The Morgan fingerprint density at radius 2 is 1.94 bits per heavy atom. The van der Waals surface area contributed by atoms with Crippen LogP contribution in [0.3, 0.4) is 0 Å². The first kappa shape index (κ1) is 12.4. The van der Waals surface area contributed by atoms with Gasteiger partial charge in [-0.05, 0) is 44.2 Å². The van der Waals surface area contributed by atoms with Crippen LogP contribution in [0.5, 0.6) is 0 Å². The van der Waals surface area contributed by atoms with E-state index < -0.39 is 0 Å². The Labute approximate surface area is 101 Å². The van der Waals surface area contributed by atoms with Crippen molar-refractivity contribution in [3.05, 3.63) is 0 Å². The van der Waals surface area contributed by atoms with Crippen LogP contribution in [-0.2, 0) is 0 Å². The lowest BCUT2D eigenvalue weighted by atomic mass is 9.95. The summed E-state index contributed by atoms with van der Waals surface area (Å²) in [4.78, 5) is 2.71. The van der Waals surface area contributed by atoms with E-state index in [1.807, 2.05) is 0 Å². The summed E-state index contributed by atoms with van der Waals surface area (Å²) >= 11 is 0. The van der Waals surface area contributed by atoms with E-state index in [2.05, 4.69) is 31.0 Å².